The third kappa shape index (κ3) is 4.35. The van der Waals surface area contributed by atoms with Crippen molar-refractivity contribution in [1.82, 2.24) is 14.2 Å². The Hall–Kier alpha value is -3.48. The van der Waals surface area contributed by atoms with E-state index < -0.39 is 10.0 Å². The molecule has 2 heterocycles. The summed E-state index contributed by atoms with van der Waals surface area (Å²) in [4.78, 5) is 18.7. The number of piperazine rings is 1. The summed E-state index contributed by atoms with van der Waals surface area (Å²) in [6.07, 6.45) is 1.56. The third-order valence-corrected chi connectivity index (χ3v) is 7.08. The number of sulfonamides is 1. The van der Waals surface area contributed by atoms with Gasteiger partial charge in [0.2, 0.25) is 21.8 Å². The maximum atomic E-state index is 12.9. The number of hydrogen-bond donors (Lipinski definition) is 0. The Bertz CT molecular complexity index is 1220. The van der Waals surface area contributed by atoms with Crippen molar-refractivity contribution in [2.24, 2.45) is 0 Å². The molecule has 1 aliphatic rings. The highest BCUT2D eigenvalue weighted by molar-refractivity contribution is 7.89. The van der Waals surface area contributed by atoms with Crippen LogP contribution in [0.3, 0.4) is 0 Å². The van der Waals surface area contributed by atoms with E-state index in [1.807, 2.05) is 36.4 Å². The van der Waals surface area contributed by atoms with Crippen LogP contribution < -0.4 is 0 Å². The zero-order valence-electron chi connectivity index (χ0n) is 16.6. The molecule has 4 rings (SSSR count). The Morgan fingerprint density at radius 2 is 1.71 bits per heavy atom. The molecule has 0 bridgehead atoms. The molecule has 0 radical (unpaired) electrons. The van der Waals surface area contributed by atoms with Crippen molar-refractivity contribution in [2.75, 3.05) is 26.2 Å². The number of amides is 1. The molecule has 2 aromatic carbocycles. The summed E-state index contributed by atoms with van der Waals surface area (Å²) in [6.45, 7) is 0.885. The van der Waals surface area contributed by atoms with Crippen LogP contribution in [0.5, 0.6) is 0 Å². The highest BCUT2D eigenvalue weighted by Crippen LogP contribution is 2.22. The Labute approximate surface area is 180 Å². The maximum absolute atomic E-state index is 12.9. The van der Waals surface area contributed by atoms with Gasteiger partial charge in [0.15, 0.2) is 0 Å². The van der Waals surface area contributed by atoms with E-state index in [4.69, 9.17) is 4.42 Å². The fourth-order valence-corrected chi connectivity index (χ4v) is 5.03. The Kier molecular flexibility index (Phi) is 5.84. The van der Waals surface area contributed by atoms with Gasteiger partial charge in [0.05, 0.1) is 22.6 Å². The first-order valence-electron chi connectivity index (χ1n) is 9.76. The smallest absolute Gasteiger partial charge is 0.244 e. The van der Waals surface area contributed by atoms with Crippen molar-refractivity contribution < 1.29 is 17.6 Å². The van der Waals surface area contributed by atoms with Crippen molar-refractivity contribution >= 4 is 15.9 Å². The zero-order chi connectivity index (χ0) is 21.8. The fourth-order valence-electron chi connectivity index (χ4n) is 3.47. The molecule has 1 fully saturated rings. The normalized spacial score (nSPS) is 14.9. The molecule has 3 aromatic rings. The van der Waals surface area contributed by atoms with Crippen LogP contribution in [-0.4, -0.2) is 54.7 Å². The van der Waals surface area contributed by atoms with Gasteiger partial charge in [-0.15, -0.1) is 0 Å². The molecule has 1 aliphatic heterocycles. The Morgan fingerprint density at radius 3 is 2.42 bits per heavy atom. The van der Waals surface area contributed by atoms with Crippen LogP contribution in [0.4, 0.5) is 0 Å². The van der Waals surface area contributed by atoms with Crippen molar-refractivity contribution in [3.05, 3.63) is 72.1 Å². The third-order valence-electron chi connectivity index (χ3n) is 5.12. The molecule has 0 atom stereocenters. The lowest BCUT2D eigenvalue weighted by Gasteiger charge is -2.34. The fraction of sp³-hybridized carbons (Fsp3) is 0.227. The van der Waals surface area contributed by atoms with Crippen LogP contribution in [0.25, 0.3) is 11.5 Å². The molecule has 9 heteroatoms. The summed E-state index contributed by atoms with van der Waals surface area (Å²) in [6, 6.07) is 17.5. The van der Waals surface area contributed by atoms with Gasteiger partial charge in [-0.25, -0.2) is 13.4 Å². The van der Waals surface area contributed by atoms with Crippen LogP contribution in [0.15, 0.2) is 70.2 Å². The minimum absolute atomic E-state index is 0.00619. The predicted octanol–water partition coefficient (Wildman–Crippen LogP) is 2.29. The van der Waals surface area contributed by atoms with Crippen LogP contribution in [0.1, 0.15) is 11.3 Å². The van der Waals surface area contributed by atoms with Crippen molar-refractivity contribution in [3.8, 4) is 17.5 Å². The minimum atomic E-state index is -3.79. The van der Waals surface area contributed by atoms with E-state index in [0.717, 1.165) is 5.56 Å². The topological polar surface area (TPSA) is 108 Å². The average molecular weight is 436 g/mol. The van der Waals surface area contributed by atoms with Crippen LogP contribution in [0, 0.1) is 11.3 Å². The van der Waals surface area contributed by atoms with Crippen LogP contribution in [-0.2, 0) is 21.2 Å². The highest BCUT2D eigenvalue weighted by Gasteiger charge is 2.31. The van der Waals surface area contributed by atoms with Crippen molar-refractivity contribution in [2.45, 2.75) is 11.3 Å². The van der Waals surface area contributed by atoms with E-state index in [-0.39, 0.29) is 49.0 Å². The van der Waals surface area contributed by atoms with Crippen LogP contribution in [0.2, 0.25) is 0 Å². The lowest BCUT2D eigenvalue weighted by atomic mass is 10.2. The number of nitrogens with zero attached hydrogens (tertiary/aromatic N) is 4. The summed E-state index contributed by atoms with van der Waals surface area (Å²) in [5, 5.41) is 9.21. The molecular formula is C22H20N4O4S. The number of hydrogen-bond acceptors (Lipinski definition) is 6. The molecule has 1 amide bonds. The summed E-state index contributed by atoms with van der Waals surface area (Å²) >= 11 is 0. The van der Waals surface area contributed by atoms with Gasteiger partial charge in [0, 0.05) is 31.7 Å². The molecule has 1 aromatic heterocycles. The van der Waals surface area contributed by atoms with E-state index >= 15 is 0 Å². The molecule has 158 valence electrons. The van der Waals surface area contributed by atoms with Crippen molar-refractivity contribution in [1.29, 1.82) is 5.26 Å². The molecule has 0 N–H and O–H groups in total. The first-order chi connectivity index (χ1) is 15.0. The molecule has 0 unspecified atom stereocenters. The average Bonchev–Trinajstić information content (AvgIpc) is 3.28. The largest absolute Gasteiger partial charge is 0.444 e. The number of rotatable bonds is 5. The molecule has 0 aliphatic carbocycles. The number of nitriles is 1. The first kappa shape index (κ1) is 20.8. The molecule has 0 saturated carbocycles. The van der Waals surface area contributed by atoms with E-state index in [0.29, 0.717) is 11.6 Å². The Morgan fingerprint density at radius 1 is 1.03 bits per heavy atom. The van der Waals surface area contributed by atoms with Gasteiger partial charge < -0.3 is 9.32 Å². The molecule has 1 saturated heterocycles. The van der Waals surface area contributed by atoms with Gasteiger partial charge in [-0.2, -0.15) is 9.57 Å². The van der Waals surface area contributed by atoms with E-state index in [1.165, 1.54) is 22.7 Å². The number of aromatic nitrogens is 1. The number of oxazole rings is 1. The van der Waals surface area contributed by atoms with Gasteiger partial charge in [-0.3, -0.25) is 4.79 Å². The van der Waals surface area contributed by atoms with Crippen LogP contribution >= 0.6 is 0 Å². The second-order valence-corrected chi connectivity index (χ2v) is 8.99. The monoisotopic (exact) mass is 436 g/mol. The minimum Gasteiger partial charge on any atom is -0.444 e. The first-order valence-corrected chi connectivity index (χ1v) is 11.2. The Balaban J connectivity index is 1.38. The van der Waals surface area contributed by atoms with Gasteiger partial charge >= 0.3 is 0 Å². The van der Waals surface area contributed by atoms with Gasteiger partial charge in [-0.1, -0.05) is 30.3 Å². The lowest BCUT2D eigenvalue weighted by Crippen LogP contribution is -2.51. The summed E-state index contributed by atoms with van der Waals surface area (Å²) in [5.41, 5.74) is 1.47. The quantitative estimate of drug-likeness (QED) is 0.607. The second kappa shape index (κ2) is 8.71. The summed E-state index contributed by atoms with van der Waals surface area (Å²) < 4.78 is 32.6. The standard InChI is InChI=1S/C22H20N4O4S/c23-15-18-8-4-5-9-20(18)31(28,29)26-12-10-25(11-13-26)21(27)14-19-16-30-22(24-19)17-6-2-1-3-7-17/h1-9,16H,10-14H2. The van der Waals surface area contributed by atoms with E-state index in [9.17, 15) is 18.5 Å². The molecule has 8 nitrogen and oxygen atoms in total. The number of carbonyl (C=O) groups is 1. The summed E-state index contributed by atoms with van der Waals surface area (Å²) in [5.74, 6) is 0.317. The van der Waals surface area contributed by atoms with Gasteiger partial charge in [0.1, 0.15) is 12.3 Å². The molecule has 0 spiro atoms. The highest BCUT2D eigenvalue weighted by atomic mass is 32.2. The number of benzene rings is 2. The predicted molar refractivity (Wildman–Crippen MR) is 112 cm³/mol. The molecule has 31 heavy (non-hydrogen) atoms. The maximum Gasteiger partial charge on any atom is 0.244 e. The van der Waals surface area contributed by atoms with E-state index in [1.54, 1.807) is 17.0 Å². The zero-order valence-corrected chi connectivity index (χ0v) is 17.5. The SMILES string of the molecule is N#Cc1ccccc1S(=O)(=O)N1CCN(C(=O)Cc2coc(-c3ccccc3)n2)CC1. The number of carbonyl (C=O) groups excluding carboxylic acids is 1. The lowest BCUT2D eigenvalue weighted by molar-refractivity contribution is -0.131. The second-order valence-electron chi connectivity index (χ2n) is 7.08. The van der Waals surface area contributed by atoms with Gasteiger partial charge in [-0.05, 0) is 24.3 Å². The van der Waals surface area contributed by atoms with E-state index in [2.05, 4.69) is 4.98 Å². The molecular weight excluding hydrogens is 416 g/mol. The van der Waals surface area contributed by atoms with Crippen molar-refractivity contribution in [3.63, 3.8) is 0 Å². The van der Waals surface area contributed by atoms with Gasteiger partial charge in [0.25, 0.3) is 0 Å². The summed E-state index contributed by atoms with van der Waals surface area (Å²) in [7, 11) is -3.79.